The van der Waals surface area contributed by atoms with Gasteiger partial charge < -0.3 is 15.6 Å². The Labute approximate surface area is 193 Å². The van der Waals surface area contributed by atoms with E-state index in [1.807, 2.05) is 39.0 Å². The number of hydrogen-bond acceptors (Lipinski definition) is 5. The molecule has 0 radical (unpaired) electrons. The van der Waals surface area contributed by atoms with E-state index >= 15 is 0 Å². The van der Waals surface area contributed by atoms with Gasteiger partial charge in [-0.25, -0.2) is 4.79 Å². The molecule has 0 aliphatic carbocycles. The first kappa shape index (κ1) is 28.3. The van der Waals surface area contributed by atoms with Gasteiger partial charge in [-0.1, -0.05) is 70.2 Å². The van der Waals surface area contributed by atoms with Crippen molar-refractivity contribution in [3.8, 4) is 0 Å². The van der Waals surface area contributed by atoms with Gasteiger partial charge in [0.2, 0.25) is 0 Å². The monoisotopic (exact) mass is 443 g/mol. The van der Waals surface area contributed by atoms with E-state index in [0.717, 1.165) is 18.4 Å². The van der Waals surface area contributed by atoms with Crippen LogP contribution in [-0.2, 0) is 22.4 Å². The molecule has 0 spiro atoms. The number of aliphatic hydroxyl groups is 1. The van der Waals surface area contributed by atoms with Crippen molar-refractivity contribution in [1.29, 1.82) is 0 Å². The average Bonchev–Trinajstić information content (AvgIpc) is 2.80. The van der Waals surface area contributed by atoms with Gasteiger partial charge in [0.25, 0.3) is 0 Å². The van der Waals surface area contributed by atoms with Crippen molar-refractivity contribution in [2.75, 3.05) is 12.0 Å². The average molecular weight is 444 g/mol. The van der Waals surface area contributed by atoms with E-state index in [9.17, 15) is 9.90 Å². The maximum atomic E-state index is 11.9. The molecule has 4 nitrogen and oxygen atoms in total. The molecule has 2 aromatic carbocycles. The van der Waals surface area contributed by atoms with E-state index in [1.54, 1.807) is 24.5 Å². The lowest BCUT2D eigenvalue weighted by Gasteiger charge is -2.18. The van der Waals surface area contributed by atoms with Crippen molar-refractivity contribution >= 4 is 24.3 Å². The Morgan fingerprint density at radius 1 is 1.03 bits per heavy atom. The number of cyclic esters (lactones) is 1. The summed E-state index contributed by atoms with van der Waals surface area (Å²) in [7, 11) is 0. The zero-order valence-corrected chi connectivity index (χ0v) is 20.3. The summed E-state index contributed by atoms with van der Waals surface area (Å²) in [5.74, 6) is 0.116. The van der Waals surface area contributed by atoms with Crippen molar-refractivity contribution in [3.05, 3.63) is 88.9 Å². The number of thiol groups is 1. The van der Waals surface area contributed by atoms with Crippen LogP contribution in [0.4, 0.5) is 5.69 Å². The molecule has 0 saturated carbocycles. The second kappa shape index (κ2) is 17.1. The van der Waals surface area contributed by atoms with Gasteiger partial charge in [-0.2, -0.15) is 12.6 Å². The normalized spacial score (nSPS) is 13.6. The molecule has 0 saturated heterocycles. The molecule has 31 heavy (non-hydrogen) atoms. The van der Waals surface area contributed by atoms with Gasteiger partial charge in [-0.05, 0) is 48.4 Å². The molecule has 0 atom stereocenters. The van der Waals surface area contributed by atoms with Crippen LogP contribution >= 0.6 is 12.6 Å². The molecule has 1 aliphatic heterocycles. The first-order chi connectivity index (χ1) is 15.0. The number of carbonyl (C=O) groups is 1. The minimum atomic E-state index is -0.481. The summed E-state index contributed by atoms with van der Waals surface area (Å²) < 4.78 is 5.19. The van der Waals surface area contributed by atoms with E-state index < -0.39 is 5.97 Å². The van der Waals surface area contributed by atoms with Gasteiger partial charge in [0.1, 0.15) is 11.5 Å². The molecule has 5 heteroatoms. The van der Waals surface area contributed by atoms with Crippen LogP contribution in [0.15, 0.2) is 77.8 Å². The number of allylic oxidation sites excluding steroid dienone is 1. The third-order valence-electron chi connectivity index (χ3n) is 4.18. The molecule has 1 aliphatic rings. The number of anilines is 1. The number of aryl methyl sites for hydroxylation is 1. The predicted octanol–water partition coefficient (Wildman–Crippen LogP) is 6.69. The lowest BCUT2D eigenvalue weighted by molar-refractivity contribution is -0.136. The van der Waals surface area contributed by atoms with Gasteiger partial charge in [0.05, 0.1) is 12.0 Å². The Balaban J connectivity index is 0.000000625. The van der Waals surface area contributed by atoms with Crippen LogP contribution in [0, 0.1) is 0 Å². The minimum Gasteiger partial charge on any atom is -0.511 e. The summed E-state index contributed by atoms with van der Waals surface area (Å²) in [4.78, 5) is 11.9. The van der Waals surface area contributed by atoms with E-state index in [4.69, 9.17) is 10.5 Å². The molecular weight excluding hydrogens is 406 g/mol. The molecule has 0 aromatic heterocycles. The second-order valence-corrected chi connectivity index (χ2v) is 6.33. The van der Waals surface area contributed by atoms with Crippen LogP contribution in [-0.4, -0.2) is 17.3 Å². The number of benzene rings is 2. The molecular formula is C26H37NO3S. The number of nitrogen functional groups attached to an aromatic ring is 1. The van der Waals surface area contributed by atoms with Crippen LogP contribution in [0.25, 0.3) is 0 Å². The Morgan fingerprint density at radius 2 is 1.65 bits per heavy atom. The maximum absolute atomic E-state index is 11.9. The molecule has 0 unspecified atom stereocenters. The van der Waals surface area contributed by atoms with Gasteiger partial charge in [0, 0.05) is 12.1 Å². The Kier molecular flexibility index (Phi) is 15.6. The number of hydrogen-bond donors (Lipinski definition) is 3. The molecule has 2 aromatic rings. The van der Waals surface area contributed by atoms with E-state index in [-0.39, 0.29) is 12.2 Å². The van der Waals surface area contributed by atoms with Crippen molar-refractivity contribution in [1.82, 2.24) is 0 Å². The molecule has 0 fully saturated rings. The summed E-state index contributed by atoms with van der Waals surface area (Å²) in [5.41, 5.74) is 8.91. The van der Waals surface area contributed by atoms with E-state index in [2.05, 4.69) is 43.8 Å². The van der Waals surface area contributed by atoms with Crippen LogP contribution in [0.1, 0.15) is 51.7 Å². The first-order valence-corrected chi connectivity index (χ1v) is 11.6. The Bertz CT molecular complexity index is 830. The standard InChI is InChI=1S/C15H17NO3.C8H10.C2H6.CH4S/c1-2-4-12-9-14(17)13(15(18)19-12)8-10-5-3-6-11(16)7-10;1-2-8-6-4-3-5-7-8;2*1-2/h3-7,17H,2,8-9,16H2,1H3;3-7H,2H2,1H3;1-2H3;2H,1H3/b12-4+;;;. The number of aliphatic hydroxyl groups excluding tert-OH is 1. The summed E-state index contributed by atoms with van der Waals surface area (Å²) >= 11 is 3.53. The third-order valence-corrected chi connectivity index (χ3v) is 4.18. The zero-order chi connectivity index (χ0) is 23.6. The molecule has 0 bridgehead atoms. The molecule has 1 heterocycles. The lowest BCUT2D eigenvalue weighted by Crippen LogP contribution is -2.18. The summed E-state index contributed by atoms with van der Waals surface area (Å²) in [6.07, 6.45) is 6.00. The van der Waals surface area contributed by atoms with Crippen LogP contribution in [0.2, 0.25) is 0 Å². The van der Waals surface area contributed by atoms with Crippen molar-refractivity contribution in [2.24, 2.45) is 0 Å². The van der Waals surface area contributed by atoms with Crippen LogP contribution in [0.5, 0.6) is 0 Å². The highest BCUT2D eigenvalue weighted by Crippen LogP contribution is 2.25. The molecule has 0 amide bonds. The molecule has 3 N–H and O–H groups in total. The van der Waals surface area contributed by atoms with Crippen molar-refractivity contribution in [2.45, 2.75) is 53.4 Å². The Hall–Kier alpha value is -2.66. The maximum Gasteiger partial charge on any atom is 0.342 e. The number of carbonyl (C=O) groups excluding carboxylic acids is 1. The predicted molar refractivity (Wildman–Crippen MR) is 135 cm³/mol. The van der Waals surface area contributed by atoms with Crippen molar-refractivity contribution in [3.63, 3.8) is 0 Å². The zero-order valence-electron chi connectivity index (χ0n) is 19.4. The fourth-order valence-electron chi connectivity index (χ4n) is 2.74. The number of rotatable bonds is 4. The number of ether oxygens (including phenoxy) is 1. The quantitative estimate of drug-likeness (QED) is 0.280. The van der Waals surface area contributed by atoms with Crippen LogP contribution < -0.4 is 5.73 Å². The summed E-state index contributed by atoms with van der Waals surface area (Å²) in [5, 5.41) is 9.97. The van der Waals surface area contributed by atoms with Crippen molar-refractivity contribution < 1.29 is 14.6 Å². The first-order valence-electron chi connectivity index (χ1n) is 10.7. The third kappa shape index (κ3) is 10.8. The molecule has 3 rings (SSSR count). The number of nitrogens with two attached hydrogens (primary N) is 1. The van der Waals surface area contributed by atoms with Crippen LogP contribution in [0.3, 0.4) is 0 Å². The lowest BCUT2D eigenvalue weighted by atomic mass is 10.0. The van der Waals surface area contributed by atoms with Gasteiger partial charge in [-0.3, -0.25) is 0 Å². The fourth-order valence-corrected chi connectivity index (χ4v) is 2.74. The smallest absolute Gasteiger partial charge is 0.342 e. The number of esters is 1. The van der Waals surface area contributed by atoms with E-state index in [1.165, 1.54) is 5.56 Å². The second-order valence-electron chi connectivity index (χ2n) is 6.33. The summed E-state index contributed by atoms with van der Waals surface area (Å²) in [6.45, 7) is 8.11. The van der Waals surface area contributed by atoms with Gasteiger partial charge in [-0.15, -0.1) is 0 Å². The minimum absolute atomic E-state index is 0.0818. The fraction of sp³-hybridized carbons (Fsp3) is 0.346. The molecule has 170 valence electrons. The summed E-state index contributed by atoms with van der Waals surface area (Å²) in [6, 6.07) is 17.7. The van der Waals surface area contributed by atoms with Gasteiger partial charge >= 0.3 is 5.97 Å². The SMILES string of the molecule is CC.CC/C=C1\CC(O)=C(Cc2cccc(N)c2)C(=O)O1.CCc1ccccc1.CS. The highest BCUT2D eigenvalue weighted by Gasteiger charge is 2.25. The topological polar surface area (TPSA) is 72.5 Å². The van der Waals surface area contributed by atoms with Gasteiger partial charge in [0.15, 0.2) is 0 Å². The largest absolute Gasteiger partial charge is 0.511 e. The van der Waals surface area contributed by atoms with E-state index in [0.29, 0.717) is 23.4 Å². The highest BCUT2D eigenvalue weighted by molar-refractivity contribution is 7.79. The Morgan fingerprint density at radius 3 is 2.13 bits per heavy atom. The highest BCUT2D eigenvalue weighted by atomic mass is 32.1.